The molecule has 2 amide bonds. The van der Waals surface area contributed by atoms with Gasteiger partial charge in [0.25, 0.3) is 0 Å². The summed E-state index contributed by atoms with van der Waals surface area (Å²) in [4.78, 5) is 13.9. The van der Waals surface area contributed by atoms with Crippen molar-refractivity contribution >= 4 is 6.03 Å². The zero-order chi connectivity index (χ0) is 16.0. The molecule has 0 radical (unpaired) electrons. The van der Waals surface area contributed by atoms with E-state index in [0.717, 1.165) is 5.56 Å². The van der Waals surface area contributed by atoms with Crippen molar-refractivity contribution in [1.29, 1.82) is 0 Å². The molecular formula is C19H24N2O. The molecule has 2 rings (SSSR count). The first kappa shape index (κ1) is 16.1. The van der Waals surface area contributed by atoms with Crippen LogP contribution < -0.4 is 5.32 Å². The molecule has 0 unspecified atom stereocenters. The molecule has 0 heterocycles. The van der Waals surface area contributed by atoms with Crippen LogP contribution in [0.2, 0.25) is 0 Å². The van der Waals surface area contributed by atoms with E-state index in [1.54, 1.807) is 4.90 Å². The molecule has 3 nitrogen and oxygen atoms in total. The van der Waals surface area contributed by atoms with Gasteiger partial charge in [0.15, 0.2) is 0 Å². The molecule has 22 heavy (non-hydrogen) atoms. The topological polar surface area (TPSA) is 32.3 Å². The first-order valence-electron chi connectivity index (χ1n) is 7.57. The average Bonchev–Trinajstić information content (AvgIpc) is 2.54. The van der Waals surface area contributed by atoms with Gasteiger partial charge in [-0.05, 0) is 11.1 Å². The lowest BCUT2D eigenvalue weighted by Crippen LogP contribution is -2.42. The first-order chi connectivity index (χ1) is 10.5. The average molecular weight is 296 g/mol. The Bertz CT molecular complexity index is 593. The van der Waals surface area contributed by atoms with Gasteiger partial charge in [0.2, 0.25) is 0 Å². The fraction of sp³-hybridized carbons (Fsp3) is 0.316. The molecule has 0 saturated carbocycles. The second kappa shape index (κ2) is 7.12. The molecule has 0 saturated heterocycles. The van der Waals surface area contributed by atoms with Crippen LogP contribution in [0.3, 0.4) is 0 Å². The van der Waals surface area contributed by atoms with Crippen molar-refractivity contribution in [2.24, 2.45) is 0 Å². The Balaban J connectivity index is 1.89. The van der Waals surface area contributed by atoms with Crippen LogP contribution in [0.25, 0.3) is 0 Å². The highest BCUT2D eigenvalue weighted by atomic mass is 16.2. The van der Waals surface area contributed by atoms with Crippen LogP contribution in [0.4, 0.5) is 4.79 Å². The van der Waals surface area contributed by atoms with E-state index < -0.39 is 0 Å². The number of carbonyl (C=O) groups is 1. The lowest BCUT2D eigenvalue weighted by molar-refractivity contribution is 0.204. The van der Waals surface area contributed by atoms with E-state index in [4.69, 9.17) is 0 Å². The van der Waals surface area contributed by atoms with Gasteiger partial charge in [-0.1, -0.05) is 74.5 Å². The summed E-state index contributed by atoms with van der Waals surface area (Å²) >= 11 is 0. The summed E-state index contributed by atoms with van der Waals surface area (Å²) in [6.45, 7) is 5.49. The Labute approximate surface area is 133 Å². The summed E-state index contributed by atoms with van der Waals surface area (Å²) in [5.74, 6) is 0. The van der Waals surface area contributed by atoms with Crippen LogP contribution in [0.5, 0.6) is 0 Å². The molecule has 0 fully saturated rings. The smallest absolute Gasteiger partial charge is 0.317 e. The summed E-state index contributed by atoms with van der Waals surface area (Å²) in [6.07, 6.45) is 0. The standard InChI is InChI=1S/C19H24N2O/c1-19(2,17-12-8-5-9-13-17)15-20-18(22)21(3)14-16-10-6-4-7-11-16/h4-13H,14-15H2,1-3H3,(H,20,22). The number of carbonyl (C=O) groups excluding carboxylic acids is 1. The molecule has 2 aromatic rings. The van der Waals surface area contributed by atoms with Gasteiger partial charge in [0.05, 0.1) is 0 Å². The normalized spacial score (nSPS) is 11.0. The zero-order valence-electron chi connectivity index (χ0n) is 13.5. The van der Waals surface area contributed by atoms with E-state index in [0.29, 0.717) is 13.1 Å². The number of benzene rings is 2. The van der Waals surface area contributed by atoms with Crippen molar-refractivity contribution in [1.82, 2.24) is 10.2 Å². The van der Waals surface area contributed by atoms with Crippen molar-refractivity contribution in [3.8, 4) is 0 Å². The molecule has 0 bridgehead atoms. The molecule has 0 aliphatic heterocycles. The van der Waals surface area contributed by atoms with Crippen LogP contribution in [0.1, 0.15) is 25.0 Å². The highest BCUT2D eigenvalue weighted by molar-refractivity contribution is 5.74. The van der Waals surface area contributed by atoms with Gasteiger partial charge < -0.3 is 10.2 Å². The summed E-state index contributed by atoms with van der Waals surface area (Å²) in [5.41, 5.74) is 2.26. The second-order valence-electron chi connectivity index (χ2n) is 6.25. The Morgan fingerprint density at radius 1 is 1.00 bits per heavy atom. The van der Waals surface area contributed by atoms with E-state index in [1.165, 1.54) is 5.56 Å². The molecule has 3 heteroatoms. The van der Waals surface area contributed by atoms with Gasteiger partial charge in [-0.2, -0.15) is 0 Å². The van der Waals surface area contributed by atoms with Crippen molar-refractivity contribution in [2.45, 2.75) is 25.8 Å². The lowest BCUT2D eigenvalue weighted by atomic mass is 9.85. The third-order valence-electron chi connectivity index (χ3n) is 3.85. The largest absolute Gasteiger partial charge is 0.337 e. The number of urea groups is 1. The van der Waals surface area contributed by atoms with Crippen LogP contribution in [0.15, 0.2) is 60.7 Å². The molecule has 2 aromatic carbocycles. The molecule has 1 N–H and O–H groups in total. The third kappa shape index (κ3) is 4.35. The zero-order valence-corrected chi connectivity index (χ0v) is 13.5. The Morgan fingerprint density at radius 3 is 2.14 bits per heavy atom. The third-order valence-corrected chi connectivity index (χ3v) is 3.85. The minimum absolute atomic E-state index is 0.0483. The first-order valence-corrected chi connectivity index (χ1v) is 7.57. The van der Waals surface area contributed by atoms with E-state index in [9.17, 15) is 4.79 Å². The van der Waals surface area contributed by atoms with Gasteiger partial charge in [-0.25, -0.2) is 4.79 Å². The maximum Gasteiger partial charge on any atom is 0.317 e. The van der Waals surface area contributed by atoms with Crippen molar-refractivity contribution in [3.63, 3.8) is 0 Å². The highest BCUT2D eigenvalue weighted by Crippen LogP contribution is 2.21. The van der Waals surface area contributed by atoms with Crippen LogP contribution in [-0.4, -0.2) is 24.5 Å². The minimum Gasteiger partial charge on any atom is -0.337 e. The monoisotopic (exact) mass is 296 g/mol. The van der Waals surface area contributed by atoms with Crippen LogP contribution in [-0.2, 0) is 12.0 Å². The number of nitrogens with zero attached hydrogens (tertiary/aromatic N) is 1. The maximum atomic E-state index is 12.2. The Kier molecular flexibility index (Phi) is 5.21. The van der Waals surface area contributed by atoms with Gasteiger partial charge in [0, 0.05) is 25.6 Å². The summed E-state index contributed by atoms with van der Waals surface area (Å²) < 4.78 is 0. The van der Waals surface area contributed by atoms with Gasteiger partial charge in [-0.15, -0.1) is 0 Å². The molecule has 116 valence electrons. The van der Waals surface area contributed by atoms with Crippen molar-refractivity contribution < 1.29 is 4.79 Å². The quantitative estimate of drug-likeness (QED) is 0.894. The van der Waals surface area contributed by atoms with Gasteiger partial charge >= 0.3 is 6.03 Å². The van der Waals surface area contributed by atoms with E-state index in [2.05, 4.69) is 31.3 Å². The predicted octanol–water partition coefficient (Wildman–Crippen LogP) is 3.81. The summed E-state index contributed by atoms with van der Waals surface area (Å²) in [7, 11) is 1.82. The number of hydrogen-bond donors (Lipinski definition) is 1. The fourth-order valence-electron chi connectivity index (χ4n) is 2.35. The Morgan fingerprint density at radius 2 is 1.55 bits per heavy atom. The minimum atomic E-state index is -0.0928. The van der Waals surface area contributed by atoms with Gasteiger partial charge in [0.1, 0.15) is 0 Å². The molecule has 0 aromatic heterocycles. The number of nitrogens with one attached hydrogen (secondary N) is 1. The van der Waals surface area contributed by atoms with E-state index >= 15 is 0 Å². The summed E-state index contributed by atoms with van der Waals surface area (Å²) in [5, 5.41) is 3.03. The molecule has 0 spiro atoms. The van der Waals surface area contributed by atoms with Crippen LogP contribution >= 0.6 is 0 Å². The highest BCUT2D eigenvalue weighted by Gasteiger charge is 2.21. The van der Waals surface area contributed by atoms with E-state index in [-0.39, 0.29) is 11.4 Å². The number of hydrogen-bond acceptors (Lipinski definition) is 1. The molecule has 0 aliphatic rings. The fourth-order valence-corrected chi connectivity index (χ4v) is 2.35. The molecule has 0 atom stereocenters. The SMILES string of the molecule is CN(Cc1ccccc1)C(=O)NCC(C)(C)c1ccccc1. The molecular weight excluding hydrogens is 272 g/mol. The summed E-state index contributed by atoms with van der Waals surface area (Å²) in [6, 6.07) is 20.2. The van der Waals surface area contributed by atoms with Crippen LogP contribution in [0, 0.1) is 0 Å². The maximum absolute atomic E-state index is 12.2. The van der Waals surface area contributed by atoms with Crippen molar-refractivity contribution in [3.05, 3.63) is 71.8 Å². The van der Waals surface area contributed by atoms with Gasteiger partial charge in [-0.3, -0.25) is 0 Å². The van der Waals surface area contributed by atoms with Crippen molar-refractivity contribution in [2.75, 3.05) is 13.6 Å². The number of rotatable bonds is 5. The molecule has 0 aliphatic carbocycles. The number of amides is 2. The Hall–Kier alpha value is -2.29. The second-order valence-corrected chi connectivity index (χ2v) is 6.25. The van der Waals surface area contributed by atoms with E-state index in [1.807, 2.05) is 55.6 Å². The lowest BCUT2D eigenvalue weighted by Gasteiger charge is -2.27. The predicted molar refractivity (Wildman–Crippen MR) is 90.8 cm³/mol.